The van der Waals surface area contributed by atoms with Gasteiger partial charge in [-0.05, 0) is 24.3 Å². The number of carbonyl (C=O) groups excluding carboxylic acids is 2. The maximum Gasteiger partial charge on any atom is 0.236 e. The Balaban J connectivity index is 1.88. The smallest absolute Gasteiger partial charge is 0.236 e. The van der Waals surface area contributed by atoms with E-state index in [2.05, 4.69) is 9.98 Å². The molecule has 0 aromatic carbocycles. The van der Waals surface area contributed by atoms with Crippen LogP contribution in [0, 0.1) is 5.92 Å². The summed E-state index contributed by atoms with van der Waals surface area (Å²) in [5.74, 6) is 1.92. The minimum Gasteiger partial charge on any atom is -0.460 e. The molecule has 6 heteroatoms. The number of isocyanates is 2. The Labute approximate surface area is 112 Å². The summed E-state index contributed by atoms with van der Waals surface area (Å²) in [4.78, 5) is 29.6. The molecule has 0 fully saturated rings. The van der Waals surface area contributed by atoms with Gasteiger partial charge in [0.1, 0.15) is 23.0 Å². The van der Waals surface area contributed by atoms with E-state index < -0.39 is 11.1 Å². The van der Waals surface area contributed by atoms with Gasteiger partial charge in [0, 0.05) is 5.92 Å². The molecule has 2 aromatic heterocycles. The average Bonchev–Trinajstić information content (AvgIpc) is 3.18. The van der Waals surface area contributed by atoms with Crippen LogP contribution in [0.1, 0.15) is 30.0 Å². The van der Waals surface area contributed by atoms with E-state index in [1.165, 1.54) is 0 Å². The van der Waals surface area contributed by atoms with Gasteiger partial charge in [-0.25, -0.2) is 9.59 Å². The van der Waals surface area contributed by atoms with E-state index in [0.717, 1.165) is 0 Å². The van der Waals surface area contributed by atoms with Crippen molar-refractivity contribution in [3.05, 3.63) is 47.3 Å². The maximum atomic E-state index is 10.8. The van der Waals surface area contributed by atoms with E-state index in [1.54, 1.807) is 36.4 Å². The second-order valence-electron chi connectivity index (χ2n) is 4.99. The van der Waals surface area contributed by atoms with Crippen molar-refractivity contribution >= 4 is 12.2 Å². The molecule has 2 aromatic rings. The van der Waals surface area contributed by atoms with Gasteiger partial charge < -0.3 is 8.83 Å². The second-order valence-corrected chi connectivity index (χ2v) is 4.99. The maximum absolute atomic E-state index is 10.8. The van der Waals surface area contributed by atoms with Crippen molar-refractivity contribution in [2.75, 3.05) is 0 Å². The van der Waals surface area contributed by atoms with Crippen LogP contribution in [-0.2, 0) is 20.7 Å². The third kappa shape index (κ3) is 0.893. The summed E-state index contributed by atoms with van der Waals surface area (Å²) in [5, 5.41) is 0. The fraction of sp³-hybridized carbons (Fsp3) is 0.286. The Morgan fingerprint density at radius 3 is 1.50 bits per heavy atom. The second kappa shape index (κ2) is 3.25. The Hall–Kier alpha value is -2.68. The molecule has 0 saturated carbocycles. The molecule has 98 valence electrons. The predicted octanol–water partition coefficient (Wildman–Crippen LogP) is 1.99. The summed E-state index contributed by atoms with van der Waals surface area (Å²) < 4.78 is 10.8. The van der Waals surface area contributed by atoms with Gasteiger partial charge in [-0.3, -0.25) is 0 Å². The van der Waals surface area contributed by atoms with Crippen LogP contribution < -0.4 is 0 Å². The summed E-state index contributed by atoms with van der Waals surface area (Å²) in [6, 6.07) is 7.04. The van der Waals surface area contributed by atoms with Crippen molar-refractivity contribution in [2.24, 2.45) is 15.9 Å². The summed E-state index contributed by atoms with van der Waals surface area (Å²) in [7, 11) is 0. The number of hydrogen-bond donors (Lipinski definition) is 0. The van der Waals surface area contributed by atoms with E-state index in [1.807, 2.05) is 6.92 Å². The topological polar surface area (TPSA) is 85.1 Å². The normalized spacial score (nSPS) is 19.9. The summed E-state index contributed by atoms with van der Waals surface area (Å²) in [6.45, 7) is 1.85. The first-order valence-corrected chi connectivity index (χ1v) is 6.10. The van der Waals surface area contributed by atoms with Crippen molar-refractivity contribution in [3.63, 3.8) is 0 Å². The van der Waals surface area contributed by atoms with Crippen LogP contribution in [0.5, 0.6) is 0 Å². The van der Waals surface area contributed by atoms with Gasteiger partial charge in [-0.1, -0.05) is 6.92 Å². The molecule has 0 radical (unpaired) electrons. The van der Waals surface area contributed by atoms with Crippen LogP contribution in [0.15, 0.2) is 43.1 Å². The Bertz CT molecular complexity index is 698. The van der Waals surface area contributed by atoms with Gasteiger partial charge in [-0.2, -0.15) is 9.98 Å². The zero-order chi connectivity index (χ0) is 14.0. The van der Waals surface area contributed by atoms with Gasteiger partial charge in [0.05, 0.1) is 0 Å². The van der Waals surface area contributed by atoms with Gasteiger partial charge in [-0.15, -0.1) is 0 Å². The molecule has 0 saturated heterocycles. The first-order chi connectivity index (χ1) is 9.70. The number of rotatable bonds is 4. The number of aliphatic imine (C=N–C) groups is 2. The zero-order valence-electron chi connectivity index (χ0n) is 10.4. The first-order valence-electron chi connectivity index (χ1n) is 6.10. The summed E-state index contributed by atoms with van der Waals surface area (Å²) in [5.41, 5.74) is -1.87. The molecule has 20 heavy (non-hydrogen) atoms. The quantitative estimate of drug-likeness (QED) is 0.627. The number of hydrogen-bond acceptors (Lipinski definition) is 6. The number of furan rings is 2. The highest BCUT2D eigenvalue weighted by Gasteiger charge is 2.65. The van der Waals surface area contributed by atoms with Crippen molar-refractivity contribution in [1.29, 1.82) is 0 Å². The number of fused-ring (bicyclic) bond motifs is 2. The molecule has 2 aliphatic heterocycles. The third-order valence-electron chi connectivity index (χ3n) is 4.41. The molecule has 0 unspecified atom stereocenters. The lowest BCUT2D eigenvalue weighted by atomic mass is 9.68. The molecule has 0 amide bonds. The van der Waals surface area contributed by atoms with Gasteiger partial charge in [0.15, 0.2) is 11.1 Å². The molecule has 4 aliphatic rings. The van der Waals surface area contributed by atoms with E-state index in [4.69, 9.17) is 8.83 Å². The first kappa shape index (κ1) is 11.2. The molecule has 0 spiro atoms. The molecule has 6 rings (SSSR count). The molecule has 4 bridgehead atoms. The highest BCUT2D eigenvalue weighted by atomic mass is 16.4. The molecule has 4 heterocycles. The Morgan fingerprint density at radius 2 is 1.25 bits per heavy atom. The van der Waals surface area contributed by atoms with Crippen molar-refractivity contribution in [3.8, 4) is 0 Å². The lowest BCUT2D eigenvalue weighted by molar-refractivity contribution is 0.0753. The van der Waals surface area contributed by atoms with E-state index in [0.29, 0.717) is 23.0 Å². The van der Waals surface area contributed by atoms with Crippen LogP contribution in [-0.4, -0.2) is 12.2 Å². The van der Waals surface area contributed by atoms with Crippen LogP contribution in [0.25, 0.3) is 0 Å². The Morgan fingerprint density at radius 1 is 0.900 bits per heavy atom. The van der Waals surface area contributed by atoms with E-state index in [9.17, 15) is 9.59 Å². The standard InChI is InChI=1S/C14H8N2O4/c1-8(13(15-6-17)9-2-3-10(13)19-9)14(16-7-18)11-4-5-12(14)20-11/h2-5,8H,1H3. The average molecular weight is 268 g/mol. The van der Waals surface area contributed by atoms with E-state index >= 15 is 0 Å². The van der Waals surface area contributed by atoms with Crippen molar-refractivity contribution < 1.29 is 18.4 Å². The van der Waals surface area contributed by atoms with Crippen molar-refractivity contribution in [2.45, 2.75) is 18.0 Å². The summed E-state index contributed by atoms with van der Waals surface area (Å²) >= 11 is 0. The largest absolute Gasteiger partial charge is 0.460 e. The Kier molecular flexibility index (Phi) is 1.82. The number of nitrogens with zero attached hydrogens (tertiary/aromatic N) is 2. The summed E-state index contributed by atoms with van der Waals surface area (Å²) in [6.07, 6.45) is 3.20. The minimum atomic E-state index is -0.936. The van der Waals surface area contributed by atoms with Crippen LogP contribution in [0.2, 0.25) is 0 Å². The van der Waals surface area contributed by atoms with E-state index in [-0.39, 0.29) is 5.92 Å². The molecule has 2 aliphatic carbocycles. The molecular formula is C14H8N2O4. The fourth-order valence-corrected chi connectivity index (χ4v) is 3.36. The monoisotopic (exact) mass is 268 g/mol. The highest BCUT2D eigenvalue weighted by molar-refractivity contribution is 5.52. The molecule has 6 nitrogen and oxygen atoms in total. The lowest BCUT2D eigenvalue weighted by Crippen LogP contribution is -2.49. The van der Waals surface area contributed by atoms with Gasteiger partial charge >= 0.3 is 0 Å². The molecule has 0 N–H and O–H groups in total. The van der Waals surface area contributed by atoms with Crippen LogP contribution in [0.4, 0.5) is 0 Å². The minimum absolute atomic E-state index is 0.347. The lowest BCUT2D eigenvalue weighted by Gasteiger charge is -2.44. The molecule has 0 atom stereocenters. The van der Waals surface area contributed by atoms with Crippen LogP contribution >= 0.6 is 0 Å². The van der Waals surface area contributed by atoms with Crippen LogP contribution in [0.3, 0.4) is 0 Å². The zero-order valence-corrected chi connectivity index (χ0v) is 10.4. The predicted molar refractivity (Wildman–Crippen MR) is 64.4 cm³/mol. The van der Waals surface area contributed by atoms with Gasteiger partial charge in [0.25, 0.3) is 0 Å². The molecular weight excluding hydrogens is 260 g/mol. The SMILES string of the molecule is CC(C1(N=C=O)c2ccc1o2)C1(N=C=O)c2ccc1o2. The fourth-order valence-electron chi connectivity index (χ4n) is 3.36. The highest BCUT2D eigenvalue weighted by Crippen LogP contribution is 2.61. The van der Waals surface area contributed by atoms with Gasteiger partial charge in [0.2, 0.25) is 12.2 Å². The van der Waals surface area contributed by atoms with Crippen molar-refractivity contribution in [1.82, 2.24) is 0 Å². The third-order valence-corrected chi connectivity index (χ3v) is 4.41.